The van der Waals surface area contributed by atoms with Crippen LogP contribution < -0.4 is 16.0 Å². The van der Waals surface area contributed by atoms with Crippen molar-refractivity contribution in [3.8, 4) is 0 Å². The molecule has 0 saturated carbocycles. The molecule has 0 aromatic heterocycles. The van der Waals surface area contributed by atoms with E-state index in [0.29, 0.717) is 12.2 Å². The van der Waals surface area contributed by atoms with Gasteiger partial charge in [-0.2, -0.15) is 0 Å². The zero-order valence-corrected chi connectivity index (χ0v) is 14.9. The Hall–Kier alpha value is -2.82. The first-order valence-corrected chi connectivity index (χ1v) is 8.49. The summed E-state index contributed by atoms with van der Waals surface area (Å²) in [6.07, 6.45) is 0.812. The van der Waals surface area contributed by atoms with E-state index in [1.165, 1.54) is 0 Å². The van der Waals surface area contributed by atoms with Gasteiger partial charge in [-0.3, -0.25) is 4.79 Å². The van der Waals surface area contributed by atoms with Gasteiger partial charge in [0.2, 0.25) is 5.91 Å². The molecule has 2 rings (SSSR count). The third kappa shape index (κ3) is 5.95. The number of nitrogens with one attached hydrogen (secondary N) is 3. The predicted octanol–water partition coefficient (Wildman–Crippen LogP) is 4.30. The maximum atomic E-state index is 12.1. The molecule has 2 aromatic rings. The molecule has 5 nitrogen and oxygen atoms in total. The number of benzene rings is 2. The number of amides is 3. The molecule has 1 atom stereocenters. The highest BCUT2D eigenvalue weighted by Crippen LogP contribution is 2.13. The Bertz CT molecular complexity index is 743. The minimum atomic E-state index is -0.300. The van der Waals surface area contributed by atoms with E-state index in [4.69, 9.17) is 0 Å². The molecule has 0 fully saturated rings. The average molecular weight is 339 g/mol. The van der Waals surface area contributed by atoms with Crippen LogP contribution in [0.1, 0.15) is 31.4 Å². The number of carbonyl (C=O) groups is 2. The van der Waals surface area contributed by atoms with E-state index < -0.39 is 0 Å². The van der Waals surface area contributed by atoms with Crippen LogP contribution in [0.2, 0.25) is 0 Å². The molecule has 132 valence electrons. The summed E-state index contributed by atoms with van der Waals surface area (Å²) in [5.74, 6) is 0.0412. The van der Waals surface area contributed by atoms with Gasteiger partial charge in [-0.05, 0) is 48.7 Å². The molecule has 0 bridgehead atoms. The van der Waals surface area contributed by atoms with Crippen molar-refractivity contribution in [3.63, 3.8) is 0 Å². The van der Waals surface area contributed by atoms with E-state index >= 15 is 0 Å². The van der Waals surface area contributed by atoms with Gasteiger partial charge in [0.05, 0.1) is 0 Å². The SMILES string of the molecule is CCC(C)C(=O)NCc1cccc(NC(=O)Nc2cccc(C)c2)c1. The molecule has 25 heavy (non-hydrogen) atoms. The first-order valence-electron chi connectivity index (χ1n) is 8.49. The summed E-state index contributed by atoms with van der Waals surface area (Å²) in [6.45, 7) is 6.31. The van der Waals surface area contributed by atoms with Crippen LogP contribution in [0.3, 0.4) is 0 Å². The Labute approximate surface area is 148 Å². The fourth-order valence-electron chi connectivity index (χ4n) is 2.32. The lowest BCUT2D eigenvalue weighted by Crippen LogP contribution is -2.28. The van der Waals surface area contributed by atoms with Gasteiger partial charge in [0.25, 0.3) is 0 Å². The second-order valence-corrected chi connectivity index (χ2v) is 6.18. The van der Waals surface area contributed by atoms with E-state index in [1.807, 2.05) is 69.3 Å². The van der Waals surface area contributed by atoms with Gasteiger partial charge < -0.3 is 16.0 Å². The van der Waals surface area contributed by atoms with Crippen molar-refractivity contribution in [3.05, 3.63) is 59.7 Å². The quantitative estimate of drug-likeness (QED) is 0.734. The molecular formula is C20H25N3O2. The van der Waals surface area contributed by atoms with Crippen molar-refractivity contribution in [2.75, 3.05) is 10.6 Å². The molecule has 2 aromatic carbocycles. The highest BCUT2D eigenvalue weighted by atomic mass is 16.2. The van der Waals surface area contributed by atoms with Crippen molar-refractivity contribution < 1.29 is 9.59 Å². The summed E-state index contributed by atoms with van der Waals surface area (Å²) in [5.41, 5.74) is 3.44. The van der Waals surface area contributed by atoms with Gasteiger partial charge in [-0.1, -0.05) is 38.1 Å². The summed E-state index contributed by atoms with van der Waals surface area (Å²) >= 11 is 0. The molecule has 3 N–H and O–H groups in total. The molecular weight excluding hydrogens is 314 g/mol. The van der Waals surface area contributed by atoms with Crippen LogP contribution in [0.25, 0.3) is 0 Å². The van der Waals surface area contributed by atoms with E-state index in [0.717, 1.165) is 23.2 Å². The topological polar surface area (TPSA) is 70.2 Å². The van der Waals surface area contributed by atoms with Crippen LogP contribution in [-0.2, 0) is 11.3 Å². The zero-order chi connectivity index (χ0) is 18.2. The van der Waals surface area contributed by atoms with Crippen LogP contribution in [0.4, 0.5) is 16.2 Å². The van der Waals surface area contributed by atoms with Crippen molar-refractivity contribution in [2.45, 2.75) is 33.7 Å². The number of aryl methyl sites for hydroxylation is 1. The molecule has 0 aliphatic carbocycles. The number of anilines is 2. The lowest BCUT2D eigenvalue weighted by molar-refractivity contribution is -0.124. The number of urea groups is 1. The Morgan fingerprint density at radius 1 is 1.00 bits per heavy atom. The van der Waals surface area contributed by atoms with Crippen molar-refractivity contribution in [1.29, 1.82) is 0 Å². The predicted molar refractivity (Wildman–Crippen MR) is 102 cm³/mol. The number of hydrogen-bond acceptors (Lipinski definition) is 2. The van der Waals surface area contributed by atoms with Crippen molar-refractivity contribution >= 4 is 23.3 Å². The van der Waals surface area contributed by atoms with Gasteiger partial charge in [-0.15, -0.1) is 0 Å². The molecule has 0 aliphatic rings. The third-order valence-corrected chi connectivity index (χ3v) is 3.99. The summed E-state index contributed by atoms with van der Waals surface area (Å²) in [5, 5.41) is 8.52. The summed E-state index contributed by atoms with van der Waals surface area (Å²) in [4.78, 5) is 24.0. The first-order chi connectivity index (χ1) is 12.0. The Morgan fingerprint density at radius 3 is 2.28 bits per heavy atom. The molecule has 5 heteroatoms. The second-order valence-electron chi connectivity index (χ2n) is 6.18. The lowest BCUT2D eigenvalue weighted by Gasteiger charge is -2.12. The number of hydrogen-bond donors (Lipinski definition) is 3. The normalized spacial score (nSPS) is 11.5. The van der Waals surface area contributed by atoms with Crippen LogP contribution in [0.15, 0.2) is 48.5 Å². The molecule has 0 radical (unpaired) electrons. The third-order valence-electron chi connectivity index (χ3n) is 3.99. The molecule has 1 unspecified atom stereocenters. The maximum Gasteiger partial charge on any atom is 0.323 e. The van der Waals surface area contributed by atoms with Crippen molar-refractivity contribution in [1.82, 2.24) is 5.32 Å². The largest absolute Gasteiger partial charge is 0.352 e. The molecule has 3 amide bonds. The van der Waals surface area contributed by atoms with Gasteiger partial charge in [0.1, 0.15) is 0 Å². The van der Waals surface area contributed by atoms with Gasteiger partial charge in [0, 0.05) is 23.8 Å². The van der Waals surface area contributed by atoms with E-state index in [-0.39, 0.29) is 17.9 Å². The van der Waals surface area contributed by atoms with Crippen LogP contribution >= 0.6 is 0 Å². The maximum absolute atomic E-state index is 12.1. The minimum absolute atomic E-state index is 0.00131. The monoisotopic (exact) mass is 339 g/mol. The lowest BCUT2D eigenvalue weighted by atomic mass is 10.1. The highest BCUT2D eigenvalue weighted by Gasteiger charge is 2.10. The Balaban J connectivity index is 1.92. The van der Waals surface area contributed by atoms with Gasteiger partial charge in [0.15, 0.2) is 0 Å². The average Bonchev–Trinajstić information content (AvgIpc) is 2.59. The van der Waals surface area contributed by atoms with E-state index in [2.05, 4.69) is 16.0 Å². The van der Waals surface area contributed by atoms with Crippen LogP contribution in [0.5, 0.6) is 0 Å². The molecule has 0 saturated heterocycles. The summed E-state index contributed by atoms with van der Waals surface area (Å²) in [6, 6.07) is 14.8. The summed E-state index contributed by atoms with van der Waals surface area (Å²) < 4.78 is 0. The van der Waals surface area contributed by atoms with E-state index in [9.17, 15) is 9.59 Å². The molecule has 0 spiro atoms. The van der Waals surface area contributed by atoms with Gasteiger partial charge in [-0.25, -0.2) is 4.79 Å². The standard InChI is InChI=1S/C20H25N3O2/c1-4-15(3)19(24)21-13-16-8-6-10-18(12-16)23-20(25)22-17-9-5-7-14(2)11-17/h5-12,15H,4,13H2,1-3H3,(H,21,24)(H2,22,23,25). The van der Waals surface area contributed by atoms with Gasteiger partial charge >= 0.3 is 6.03 Å². The zero-order valence-electron chi connectivity index (χ0n) is 14.9. The molecule has 0 heterocycles. The number of carbonyl (C=O) groups excluding carboxylic acids is 2. The number of rotatable bonds is 6. The first kappa shape index (κ1) is 18.5. The van der Waals surface area contributed by atoms with Crippen LogP contribution in [0, 0.1) is 12.8 Å². The van der Waals surface area contributed by atoms with Crippen LogP contribution in [-0.4, -0.2) is 11.9 Å². The second kappa shape index (κ2) is 8.87. The minimum Gasteiger partial charge on any atom is -0.352 e. The van der Waals surface area contributed by atoms with E-state index in [1.54, 1.807) is 0 Å². The fourth-order valence-corrected chi connectivity index (χ4v) is 2.32. The Kier molecular flexibility index (Phi) is 6.57. The molecule has 0 aliphatic heterocycles. The summed E-state index contributed by atoms with van der Waals surface area (Å²) in [7, 11) is 0. The smallest absolute Gasteiger partial charge is 0.323 e. The highest BCUT2D eigenvalue weighted by molar-refractivity contribution is 5.99. The fraction of sp³-hybridized carbons (Fsp3) is 0.300. The van der Waals surface area contributed by atoms with Crippen molar-refractivity contribution in [2.24, 2.45) is 5.92 Å². The Morgan fingerprint density at radius 2 is 1.64 bits per heavy atom.